The average molecular weight is 610 g/mol. The Hall–Kier alpha value is -3.44. The number of nitrogens with one attached hydrogen (secondary N) is 2. The zero-order chi connectivity index (χ0) is 30.7. The van der Waals surface area contributed by atoms with E-state index in [9.17, 15) is 18.5 Å². The fourth-order valence-corrected chi connectivity index (χ4v) is 6.96. The van der Waals surface area contributed by atoms with E-state index in [1.165, 1.54) is 21.7 Å². The smallest absolute Gasteiger partial charge is 0.225 e. The van der Waals surface area contributed by atoms with Gasteiger partial charge in [-0.3, -0.25) is 14.6 Å². The molecule has 0 unspecified atom stereocenters. The standard InChI is InChI=1S/C30H43N9O3S/c1-5-28(40)34-29-30(35(3)21-32-29)33-24-8-10-37(11-9-24)20-23-6-7-27-26(22(23)2)18-25(19-31)39(27)17-14-36-12-15-38(16-13-36)43(4,41)42/h6-7,18,21,24,33H,5,8-17,20H2,1-4H3,(H,34,40). The van der Waals surface area contributed by atoms with Crippen LogP contribution in [0, 0.1) is 18.3 Å². The number of anilines is 2. The molecule has 43 heavy (non-hydrogen) atoms. The monoisotopic (exact) mass is 609 g/mol. The third-order valence-electron chi connectivity index (χ3n) is 8.86. The zero-order valence-corrected chi connectivity index (χ0v) is 26.5. The van der Waals surface area contributed by atoms with Gasteiger partial charge in [0, 0.05) is 89.3 Å². The fraction of sp³-hybridized carbons (Fsp3) is 0.567. The molecule has 13 heteroatoms. The summed E-state index contributed by atoms with van der Waals surface area (Å²) in [7, 11) is -1.22. The third kappa shape index (κ3) is 7.04. The van der Waals surface area contributed by atoms with Gasteiger partial charge in [0.25, 0.3) is 0 Å². The largest absolute Gasteiger partial charge is 0.366 e. The summed E-state index contributed by atoms with van der Waals surface area (Å²) in [5.74, 6) is 1.38. The first kappa shape index (κ1) is 31.0. The molecule has 2 aromatic heterocycles. The molecule has 0 radical (unpaired) electrons. The minimum Gasteiger partial charge on any atom is -0.366 e. The molecular weight excluding hydrogens is 566 g/mol. The highest BCUT2D eigenvalue weighted by Gasteiger charge is 2.25. The Bertz CT molecular complexity index is 1610. The molecule has 5 rings (SSSR count). The Morgan fingerprint density at radius 2 is 1.81 bits per heavy atom. The fourth-order valence-electron chi connectivity index (χ4n) is 6.13. The lowest BCUT2D eigenvalue weighted by Crippen LogP contribution is -2.48. The number of benzene rings is 1. The number of sulfonamides is 1. The highest BCUT2D eigenvalue weighted by atomic mass is 32.2. The molecule has 232 valence electrons. The Morgan fingerprint density at radius 1 is 1.09 bits per heavy atom. The van der Waals surface area contributed by atoms with E-state index in [2.05, 4.69) is 55.1 Å². The van der Waals surface area contributed by atoms with Gasteiger partial charge < -0.3 is 19.8 Å². The summed E-state index contributed by atoms with van der Waals surface area (Å²) in [6.45, 7) is 10.6. The predicted molar refractivity (Wildman–Crippen MR) is 168 cm³/mol. The Labute approximate surface area is 254 Å². The quantitative estimate of drug-likeness (QED) is 0.359. The van der Waals surface area contributed by atoms with E-state index in [0.717, 1.165) is 55.7 Å². The average Bonchev–Trinajstić information content (AvgIpc) is 3.53. The Kier molecular flexibility index (Phi) is 9.41. The van der Waals surface area contributed by atoms with Crippen LogP contribution in [0.4, 0.5) is 11.6 Å². The summed E-state index contributed by atoms with van der Waals surface area (Å²) in [4.78, 5) is 21.0. The molecule has 2 saturated heterocycles. The van der Waals surface area contributed by atoms with E-state index in [4.69, 9.17) is 0 Å². The van der Waals surface area contributed by atoms with Crippen LogP contribution in [-0.4, -0.2) is 101 Å². The van der Waals surface area contributed by atoms with Gasteiger partial charge in [-0.05, 0) is 43.0 Å². The molecule has 2 N–H and O–H groups in total. The molecule has 0 aliphatic carbocycles. The van der Waals surface area contributed by atoms with Crippen molar-refractivity contribution in [3.8, 4) is 6.07 Å². The minimum absolute atomic E-state index is 0.0499. The highest BCUT2D eigenvalue weighted by Crippen LogP contribution is 2.28. The number of hydrogen-bond donors (Lipinski definition) is 2. The van der Waals surface area contributed by atoms with Crippen LogP contribution in [0.2, 0.25) is 0 Å². The molecule has 3 aromatic rings. The van der Waals surface area contributed by atoms with Gasteiger partial charge in [-0.25, -0.2) is 13.4 Å². The van der Waals surface area contributed by atoms with E-state index in [0.29, 0.717) is 56.7 Å². The van der Waals surface area contributed by atoms with Crippen LogP contribution < -0.4 is 10.6 Å². The molecule has 0 saturated carbocycles. The molecule has 1 aromatic carbocycles. The van der Waals surface area contributed by atoms with Crippen LogP contribution in [-0.2, 0) is 35.0 Å². The van der Waals surface area contributed by atoms with Gasteiger partial charge in [-0.15, -0.1) is 0 Å². The summed E-state index contributed by atoms with van der Waals surface area (Å²) in [6.07, 6.45) is 5.37. The summed E-state index contributed by atoms with van der Waals surface area (Å²) in [5, 5.41) is 17.5. The Balaban J connectivity index is 1.19. The number of imidazole rings is 1. The van der Waals surface area contributed by atoms with E-state index in [1.807, 2.05) is 24.6 Å². The number of nitriles is 1. The number of hydrogen-bond acceptors (Lipinski definition) is 8. The number of rotatable bonds is 10. The van der Waals surface area contributed by atoms with Crippen molar-refractivity contribution in [3.63, 3.8) is 0 Å². The first-order valence-corrected chi connectivity index (χ1v) is 16.9. The number of likely N-dealkylation sites (tertiary alicyclic amines) is 1. The van der Waals surface area contributed by atoms with Gasteiger partial charge in [-0.1, -0.05) is 13.0 Å². The van der Waals surface area contributed by atoms with Crippen LogP contribution in [0.3, 0.4) is 0 Å². The van der Waals surface area contributed by atoms with Gasteiger partial charge in [-0.2, -0.15) is 9.57 Å². The van der Waals surface area contributed by atoms with Crippen LogP contribution in [0.25, 0.3) is 10.9 Å². The number of aryl methyl sites for hydroxylation is 2. The lowest BCUT2D eigenvalue weighted by atomic mass is 10.0. The number of amides is 1. The van der Waals surface area contributed by atoms with Gasteiger partial charge in [0.1, 0.15) is 11.8 Å². The lowest BCUT2D eigenvalue weighted by molar-refractivity contribution is -0.115. The minimum atomic E-state index is -3.15. The van der Waals surface area contributed by atoms with Crippen molar-refractivity contribution in [3.05, 3.63) is 41.3 Å². The highest BCUT2D eigenvalue weighted by molar-refractivity contribution is 7.88. The number of carbonyl (C=O) groups excluding carboxylic acids is 1. The van der Waals surface area contributed by atoms with Crippen molar-refractivity contribution in [2.75, 3.05) is 62.7 Å². The molecule has 0 spiro atoms. The molecule has 1 amide bonds. The lowest BCUT2D eigenvalue weighted by Gasteiger charge is -2.33. The maximum Gasteiger partial charge on any atom is 0.225 e. The van der Waals surface area contributed by atoms with Gasteiger partial charge in [0.05, 0.1) is 12.6 Å². The molecule has 0 atom stereocenters. The van der Waals surface area contributed by atoms with Crippen LogP contribution in [0.15, 0.2) is 24.5 Å². The normalized spacial score (nSPS) is 17.7. The maximum atomic E-state index is 11.9. The summed E-state index contributed by atoms with van der Waals surface area (Å²) in [6, 6.07) is 9.03. The molecule has 2 aliphatic heterocycles. The SMILES string of the molecule is CCC(=O)Nc1ncn(C)c1NC1CCN(Cc2ccc3c(cc(C#N)n3CCN3CCN(S(C)(=O)=O)CC3)c2C)CC1. The number of aromatic nitrogens is 3. The number of carbonyl (C=O) groups is 1. The van der Waals surface area contributed by atoms with E-state index >= 15 is 0 Å². The topological polar surface area (TPSA) is 132 Å². The van der Waals surface area contributed by atoms with E-state index in [1.54, 1.807) is 6.33 Å². The number of piperidine rings is 1. The second-order valence-electron chi connectivity index (χ2n) is 11.7. The zero-order valence-electron chi connectivity index (χ0n) is 25.6. The number of piperazine rings is 1. The van der Waals surface area contributed by atoms with E-state index in [-0.39, 0.29) is 5.91 Å². The van der Waals surface area contributed by atoms with Gasteiger partial charge >= 0.3 is 0 Å². The number of fused-ring (bicyclic) bond motifs is 1. The molecule has 2 fully saturated rings. The predicted octanol–water partition coefficient (Wildman–Crippen LogP) is 2.56. The van der Waals surface area contributed by atoms with Crippen molar-refractivity contribution in [2.45, 2.75) is 52.2 Å². The number of nitrogens with zero attached hydrogens (tertiary/aromatic N) is 7. The molecular formula is C30H43N9O3S. The van der Waals surface area contributed by atoms with Crippen molar-refractivity contribution < 1.29 is 13.2 Å². The second kappa shape index (κ2) is 13.1. The molecule has 4 heterocycles. The van der Waals surface area contributed by atoms with Crippen LogP contribution >= 0.6 is 0 Å². The van der Waals surface area contributed by atoms with E-state index < -0.39 is 10.0 Å². The summed E-state index contributed by atoms with van der Waals surface area (Å²) < 4.78 is 29.2. The second-order valence-corrected chi connectivity index (χ2v) is 13.7. The van der Waals surface area contributed by atoms with Gasteiger partial charge in [0.2, 0.25) is 15.9 Å². The first-order valence-electron chi connectivity index (χ1n) is 15.1. The maximum absolute atomic E-state index is 11.9. The van der Waals surface area contributed by atoms with Crippen molar-refractivity contribution in [1.29, 1.82) is 5.26 Å². The van der Waals surface area contributed by atoms with Gasteiger partial charge in [0.15, 0.2) is 11.6 Å². The summed E-state index contributed by atoms with van der Waals surface area (Å²) >= 11 is 0. The molecule has 12 nitrogen and oxygen atoms in total. The van der Waals surface area contributed by atoms with Crippen molar-refractivity contribution in [1.82, 2.24) is 28.2 Å². The van der Waals surface area contributed by atoms with Crippen molar-refractivity contribution in [2.24, 2.45) is 7.05 Å². The Morgan fingerprint density at radius 3 is 2.47 bits per heavy atom. The van der Waals surface area contributed by atoms with Crippen LogP contribution in [0.5, 0.6) is 0 Å². The first-order chi connectivity index (χ1) is 20.6. The van der Waals surface area contributed by atoms with Crippen molar-refractivity contribution >= 4 is 38.5 Å². The third-order valence-corrected chi connectivity index (χ3v) is 10.2. The molecule has 2 aliphatic rings. The summed E-state index contributed by atoms with van der Waals surface area (Å²) in [5.41, 5.74) is 4.20. The van der Waals surface area contributed by atoms with Crippen LogP contribution in [0.1, 0.15) is 43.0 Å². The molecule has 0 bridgehead atoms.